The Morgan fingerprint density at radius 2 is 1.51 bits per heavy atom. The minimum Gasteiger partial charge on any atom is -0.481 e. The summed E-state index contributed by atoms with van der Waals surface area (Å²) in [4.78, 5) is 38.4. The molecule has 0 saturated carbocycles. The molecule has 1 aliphatic rings. The monoisotopic (exact) mass is 554 g/mol. The van der Waals surface area contributed by atoms with Crippen molar-refractivity contribution in [2.24, 2.45) is 11.8 Å². The smallest absolute Gasteiger partial charge is 0.307 e. The molecule has 3 unspecified atom stereocenters. The Balaban J connectivity index is 1.48. The molecule has 3 aromatic rings. The summed E-state index contributed by atoms with van der Waals surface area (Å²) in [7, 11) is 0. The summed E-state index contributed by atoms with van der Waals surface area (Å²) in [6, 6.07) is 21.5. The van der Waals surface area contributed by atoms with Crippen molar-refractivity contribution >= 4 is 64.1 Å². The third-order valence-electron chi connectivity index (χ3n) is 6.01. The number of aliphatic carboxylic acids is 1. The quantitative estimate of drug-likeness (QED) is 0.204. The van der Waals surface area contributed by atoms with Crippen LogP contribution in [0.2, 0.25) is 10.0 Å². The number of thioether (sulfide) groups is 1. The van der Waals surface area contributed by atoms with E-state index in [0.717, 1.165) is 10.5 Å². The van der Waals surface area contributed by atoms with Gasteiger partial charge in [-0.3, -0.25) is 14.4 Å². The van der Waals surface area contributed by atoms with E-state index in [1.165, 1.54) is 11.8 Å². The van der Waals surface area contributed by atoms with Crippen molar-refractivity contribution in [3.63, 3.8) is 0 Å². The fourth-order valence-electron chi connectivity index (χ4n) is 4.06. The molecular weight excluding hydrogens is 531 g/mol. The van der Waals surface area contributed by atoms with Gasteiger partial charge in [0.2, 0.25) is 11.8 Å². The van der Waals surface area contributed by atoms with Gasteiger partial charge in [0.15, 0.2) is 0 Å². The molecule has 3 N–H and O–H groups in total. The van der Waals surface area contributed by atoms with Gasteiger partial charge in [0, 0.05) is 10.6 Å². The van der Waals surface area contributed by atoms with E-state index in [1.54, 1.807) is 36.4 Å². The molecule has 6 nitrogen and oxygen atoms in total. The molecule has 2 amide bonds. The van der Waals surface area contributed by atoms with Crippen molar-refractivity contribution in [2.45, 2.75) is 23.0 Å². The lowest BCUT2D eigenvalue weighted by Crippen LogP contribution is -2.34. The van der Waals surface area contributed by atoms with Gasteiger partial charge >= 0.3 is 5.97 Å². The van der Waals surface area contributed by atoms with E-state index in [0.29, 0.717) is 29.2 Å². The molecule has 0 saturated heterocycles. The zero-order valence-electron chi connectivity index (χ0n) is 19.6. The molecule has 0 fully saturated rings. The van der Waals surface area contributed by atoms with Gasteiger partial charge in [-0.1, -0.05) is 71.8 Å². The zero-order valence-corrected chi connectivity index (χ0v) is 21.9. The summed E-state index contributed by atoms with van der Waals surface area (Å²) < 4.78 is 0. The van der Waals surface area contributed by atoms with Gasteiger partial charge in [-0.25, -0.2) is 0 Å². The van der Waals surface area contributed by atoms with Crippen LogP contribution in [0.3, 0.4) is 0 Å². The van der Waals surface area contributed by atoms with Gasteiger partial charge in [-0.05, 0) is 54.8 Å². The van der Waals surface area contributed by atoms with Gasteiger partial charge < -0.3 is 15.7 Å². The fraction of sp³-hybridized carbons (Fsp3) is 0.179. The minimum absolute atomic E-state index is 0.261. The summed E-state index contributed by atoms with van der Waals surface area (Å²) in [5, 5.41) is 15.2. The van der Waals surface area contributed by atoms with Gasteiger partial charge in [0.05, 0.1) is 27.6 Å². The number of carboxylic acid groups (broad SMARTS) is 1. The van der Waals surface area contributed by atoms with Crippen LogP contribution in [0.1, 0.15) is 23.7 Å². The van der Waals surface area contributed by atoms with E-state index in [1.807, 2.05) is 48.5 Å². The molecule has 9 heteroatoms. The standard InChI is InChI=1S/C28H24Cl2N2O4S/c29-22-11-6-12-23(24(22)30)32-27(34)25(17-7-2-1-3-8-17)37-19-15-13-18(14-16-19)31-26(33)20-9-4-5-10-21(20)28(35)36/h1-8,11-16,20-21,25H,9-10H2,(H,31,33)(H,32,34)(H,35,36). The summed E-state index contributed by atoms with van der Waals surface area (Å²) in [6.07, 6.45) is 4.37. The topological polar surface area (TPSA) is 95.5 Å². The number of amides is 2. The molecule has 0 heterocycles. The normalized spacial score (nSPS) is 17.6. The predicted octanol–water partition coefficient (Wildman–Crippen LogP) is 7.07. The van der Waals surface area contributed by atoms with Crippen molar-refractivity contribution in [3.05, 3.63) is 101 Å². The Kier molecular flexibility index (Phi) is 8.92. The lowest BCUT2D eigenvalue weighted by atomic mass is 9.82. The van der Waals surface area contributed by atoms with Crippen LogP contribution < -0.4 is 10.6 Å². The number of halogens is 2. The van der Waals surface area contributed by atoms with Crippen molar-refractivity contribution < 1.29 is 19.5 Å². The van der Waals surface area contributed by atoms with Gasteiger partial charge in [0.25, 0.3) is 0 Å². The molecule has 0 radical (unpaired) electrons. The maximum Gasteiger partial charge on any atom is 0.307 e. The van der Waals surface area contributed by atoms with Crippen molar-refractivity contribution in [2.75, 3.05) is 10.6 Å². The van der Waals surface area contributed by atoms with Crippen LogP contribution in [0.4, 0.5) is 11.4 Å². The summed E-state index contributed by atoms with van der Waals surface area (Å²) >= 11 is 13.7. The molecule has 190 valence electrons. The molecular formula is C28H24Cl2N2O4S. The van der Waals surface area contributed by atoms with E-state index in [4.69, 9.17) is 23.2 Å². The van der Waals surface area contributed by atoms with Crippen LogP contribution in [0, 0.1) is 11.8 Å². The van der Waals surface area contributed by atoms with E-state index in [2.05, 4.69) is 10.6 Å². The van der Waals surface area contributed by atoms with Crippen LogP contribution in [-0.2, 0) is 14.4 Å². The number of allylic oxidation sites excluding steroid dienone is 2. The number of nitrogens with one attached hydrogen (secondary N) is 2. The fourth-order valence-corrected chi connectivity index (χ4v) is 5.44. The number of hydrogen-bond acceptors (Lipinski definition) is 4. The third kappa shape index (κ3) is 6.74. The van der Waals surface area contributed by atoms with Crippen molar-refractivity contribution in [1.82, 2.24) is 0 Å². The number of rotatable bonds is 8. The Labute approximate surface area is 229 Å². The number of carboxylic acids is 1. The lowest BCUT2D eigenvalue weighted by molar-refractivity contribution is -0.146. The summed E-state index contributed by atoms with van der Waals surface area (Å²) in [6.45, 7) is 0. The molecule has 0 bridgehead atoms. The second-order valence-corrected chi connectivity index (χ2v) is 10.5. The second kappa shape index (κ2) is 12.3. The largest absolute Gasteiger partial charge is 0.481 e. The van der Waals surface area contributed by atoms with Crippen LogP contribution in [0.5, 0.6) is 0 Å². The molecule has 37 heavy (non-hydrogen) atoms. The Morgan fingerprint density at radius 1 is 0.838 bits per heavy atom. The average Bonchev–Trinajstić information content (AvgIpc) is 2.91. The first kappa shape index (κ1) is 26.8. The van der Waals surface area contributed by atoms with Crippen LogP contribution in [0.25, 0.3) is 0 Å². The predicted molar refractivity (Wildman–Crippen MR) is 148 cm³/mol. The first-order valence-electron chi connectivity index (χ1n) is 11.6. The van der Waals surface area contributed by atoms with Gasteiger partial charge in [0.1, 0.15) is 5.25 Å². The first-order chi connectivity index (χ1) is 17.8. The average molecular weight is 555 g/mol. The maximum absolute atomic E-state index is 13.3. The highest BCUT2D eigenvalue weighted by Gasteiger charge is 2.34. The summed E-state index contributed by atoms with van der Waals surface area (Å²) in [5.74, 6) is -2.92. The molecule has 0 spiro atoms. The first-order valence-corrected chi connectivity index (χ1v) is 13.2. The van der Waals surface area contributed by atoms with Crippen molar-refractivity contribution in [1.29, 1.82) is 0 Å². The molecule has 4 rings (SSSR count). The lowest BCUT2D eigenvalue weighted by Gasteiger charge is -2.24. The number of anilines is 2. The molecule has 1 aliphatic carbocycles. The summed E-state index contributed by atoms with van der Waals surface area (Å²) in [5.41, 5.74) is 1.79. The molecule has 3 aromatic carbocycles. The van der Waals surface area contributed by atoms with E-state index >= 15 is 0 Å². The Hall–Kier alpha value is -3.26. The second-order valence-electron chi connectivity index (χ2n) is 8.51. The third-order valence-corrected chi connectivity index (χ3v) is 8.10. The minimum atomic E-state index is -0.972. The molecule has 3 atom stereocenters. The van der Waals surface area contributed by atoms with Crippen LogP contribution in [-0.4, -0.2) is 22.9 Å². The maximum atomic E-state index is 13.3. The Morgan fingerprint density at radius 3 is 2.19 bits per heavy atom. The SMILES string of the molecule is O=C(Nc1cccc(Cl)c1Cl)C(Sc1ccc(NC(=O)C2CC=CCC2C(=O)O)cc1)c1ccccc1. The molecule has 0 aromatic heterocycles. The van der Waals surface area contributed by atoms with E-state index in [-0.39, 0.29) is 16.8 Å². The van der Waals surface area contributed by atoms with Crippen LogP contribution in [0.15, 0.2) is 89.8 Å². The van der Waals surface area contributed by atoms with E-state index < -0.39 is 23.1 Å². The number of carbonyl (C=O) groups is 3. The highest BCUT2D eigenvalue weighted by Crippen LogP contribution is 2.38. The number of benzene rings is 3. The van der Waals surface area contributed by atoms with E-state index in [9.17, 15) is 19.5 Å². The van der Waals surface area contributed by atoms with Crippen LogP contribution >= 0.6 is 35.0 Å². The number of carbonyl (C=O) groups excluding carboxylic acids is 2. The zero-order chi connectivity index (χ0) is 26.4. The molecule has 0 aliphatic heterocycles. The highest BCUT2D eigenvalue weighted by molar-refractivity contribution is 8.00. The van der Waals surface area contributed by atoms with Gasteiger partial charge in [-0.15, -0.1) is 11.8 Å². The van der Waals surface area contributed by atoms with Crippen molar-refractivity contribution in [3.8, 4) is 0 Å². The van der Waals surface area contributed by atoms with Gasteiger partial charge in [-0.2, -0.15) is 0 Å². The Bertz CT molecular complexity index is 1320. The number of hydrogen-bond donors (Lipinski definition) is 3. The highest BCUT2D eigenvalue weighted by atomic mass is 35.5.